The van der Waals surface area contributed by atoms with Gasteiger partial charge in [0, 0.05) is 22.4 Å². The van der Waals surface area contributed by atoms with E-state index in [0.29, 0.717) is 11.6 Å². The van der Waals surface area contributed by atoms with Crippen molar-refractivity contribution in [2.24, 2.45) is 0 Å². The molecule has 2 aromatic rings. The standard InChI is InChI=1S/C10H9BrN4O/c1-6-2-9(15-10(12)14-6)16-8-3-7(11)4-13-5-8/h2-5H,1H3,(H2,12,14,15). The summed E-state index contributed by atoms with van der Waals surface area (Å²) in [5.74, 6) is 1.19. The van der Waals surface area contributed by atoms with Gasteiger partial charge < -0.3 is 10.5 Å². The van der Waals surface area contributed by atoms with E-state index in [1.165, 1.54) is 0 Å². The van der Waals surface area contributed by atoms with Crippen LogP contribution in [0, 0.1) is 6.92 Å². The number of nitrogens with zero attached hydrogens (tertiary/aromatic N) is 3. The van der Waals surface area contributed by atoms with E-state index in [9.17, 15) is 0 Å². The molecule has 0 aromatic carbocycles. The van der Waals surface area contributed by atoms with Crippen LogP contribution in [-0.4, -0.2) is 15.0 Å². The first-order valence-electron chi connectivity index (χ1n) is 4.53. The van der Waals surface area contributed by atoms with Gasteiger partial charge in [-0.15, -0.1) is 0 Å². The number of pyridine rings is 1. The summed E-state index contributed by atoms with van der Waals surface area (Å²) in [6, 6.07) is 3.50. The highest BCUT2D eigenvalue weighted by atomic mass is 79.9. The van der Waals surface area contributed by atoms with E-state index in [2.05, 4.69) is 30.9 Å². The number of hydrogen-bond donors (Lipinski definition) is 1. The van der Waals surface area contributed by atoms with E-state index in [4.69, 9.17) is 10.5 Å². The summed E-state index contributed by atoms with van der Waals surface area (Å²) in [6.45, 7) is 1.82. The third-order valence-electron chi connectivity index (χ3n) is 1.75. The first kappa shape index (κ1) is 10.8. The summed E-state index contributed by atoms with van der Waals surface area (Å²) in [5, 5.41) is 0. The van der Waals surface area contributed by atoms with Crippen molar-refractivity contribution in [2.75, 3.05) is 5.73 Å². The van der Waals surface area contributed by atoms with Crippen LogP contribution < -0.4 is 10.5 Å². The van der Waals surface area contributed by atoms with Crippen LogP contribution in [0.2, 0.25) is 0 Å². The molecular formula is C10H9BrN4O. The van der Waals surface area contributed by atoms with Crippen molar-refractivity contribution in [1.29, 1.82) is 0 Å². The van der Waals surface area contributed by atoms with Crippen molar-refractivity contribution in [3.63, 3.8) is 0 Å². The quantitative estimate of drug-likeness (QED) is 0.914. The van der Waals surface area contributed by atoms with Crippen LogP contribution >= 0.6 is 15.9 Å². The largest absolute Gasteiger partial charge is 0.437 e. The minimum atomic E-state index is 0.193. The van der Waals surface area contributed by atoms with Gasteiger partial charge in [-0.2, -0.15) is 4.98 Å². The minimum Gasteiger partial charge on any atom is -0.437 e. The van der Waals surface area contributed by atoms with Crippen molar-refractivity contribution in [3.05, 3.63) is 34.7 Å². The molecule has 2 aromatic heterocycles. The summed E-state index contributed by atoms with van der Waals surface area (Å²) in [7, 11) is 0. The predicted molar refractivity (Wildman–Crippen MR) is 63.2 cm³/mol. The zero-order valence-electron chi connectivity index (χ0n) is 8.51. The van der Waals surface area contributed by atoms with Gasteiger partial charge in [0.05, 0.1) is 6.20 Å². The SMILES string of the molecule is Cc1cc(Oc2cncc(Br)c2)nc(N)n1. The molecule has 2 rings (SSSR count). The van der Waals surface area contributed by atoms with Gasteiger partial charge in [-0.1, -0.05) is 0 Å². The third-order valence-corrected chi connectivity index (χ3v) is 2.18. The van der Waals surface area contributed by atoms with Crippen molar-refractivity contribution in [3.8, 4) is 11.6 Å². The van der Waals surface area contributed by atoms with Gasteiger partial charge >= 0.3 is 0 Å². The number of halogens is 1. The molecule has 0 saturated carbocycles. The number of nitrogens with two attached hydrogens (primary N) is 1. The number of aryl methyl sites for hydroxylation is 1. The number of aromatic nitrogens is 3. The molecule has 0 unspecified atom stereocenters. The second kappa shape index (κ2) is 4.44. The number of rotatable bonds is 2. The number of nitrogen functional groups attached to an aromatic ring is 1. The van der Waals surface area contributed by atoms with Crippen LogP contribution in [0.15, 0.2) is 29.0 Å². The van der Waals surface area contributed by atoms with Gasteiger partial charge in [-0.3, -0.25) is 4.98 Å². The fourth-order valence-corrected chi connectivity index (χ4v) is 1.53. The zero-order chi connectivity index (χ0) is 11.5. The van der Waals surface area contributed by atoms with E-state index in [0.717, 1.165) is 10.2 Å². The normalized spacial score (nSPS) is 10.1. The Labute approximate surface area is 101 Å². The van der Waals surface area contributed by atoms with Gasteiger partial charge in [-0.25, -0.2) is 4.98 Å². The number of hydrogen-bond acceptors (Lipinski definition) is 5. The van der Waals surface area contributed by atoms with E-state index < -0.39 is 0 Å². The molecule has 0 fully saturated rings. The molecule has 0 aliphatic rings. The van der Waals surface area contributed by atoms with Crippen LogP contribution in [0.4, 0.5) is 5.95 Å². The Hall–Kier alpha value is -1.69. The molecule has 0 atom stereocenters. The average molecular weight is 281 g/mol. The van der Waals surface area contributed by atoms with Crippen molar-refractivity contribution < 1.29 is 4.74 Å². The third kappa shape index (κ3) is 2.66. The molecule has 2 heterocycles. The number of ether oxygens (including phenoxy) is 1. The minimum absolute atomic E-state index is 0.193. The van der Waals surface area contributed by atoms with Crippen LogP contribution in [0.1, 0.15) is 5.69 Å². The van der Waals surface area contributed by atoms with Gasteiger partial charge in [0.15, 0.2) is 0 Å². The molecule has 16 heavy (non-hydrogen) atoms. The Morgan fingerprint density at radius 2 is 2.06 bits per heavy atom. The first-order valence-corrected chi connectivity index (χ1v) is 5.32. The molecule has 0 radical (unpaired) electrons. The van der Waals surface area contributed by atoms with Crippen LogP contribution in [0.3, 0.4) is 0 Å². The smallest absolute Gasteiger partial charge is 0.224 e. The maximum Gasteiger partial charge on any atom is 0.224 e. The molecule has 6 heteroatoms. The fourth-order valence-electron chi connectivity index (χ4n) is 1.18. The Kier molecular flexibility index (Phi) is 3.00. The fraction of sp³-hybridized carbons (Fsp3) is 0.100. The maximum atomic E-state index is 5.52. The van der Waals surface area contributed by atoms with Crippen molar-refractivity contribution in [2.45, 2.75) is 6.92 Å². The number of anilines is 1. The molecule has 0 aliphatic heterocycles. The molecule has 5 nitrogen and oxygen atoms in total. The summed E-state index contributed by atoms with van der Waals surface area (Å²) >= 11 is 3.30. The van der Waals surface area contributed by atoms with Crippen LogP contribution in [-0.2, 0) is 0 Å². The second-order valence-electron chi connectivity index (χ2n) is 3.15. The van der Waals surface area contributed by atoms with Crippen molar-refractivity contribution >= 4 is 21.9 Å². The van der Waals surface area contributed by atoms with E-state index in [1.807, 2.05) is 6.92 Å². The Balaban J connectivity index is 2.27. The van der Waals surface area contributed by atoms with Gasteiger partial charge in [-0.05, 0) is 28.9 Å². The van der Waals surface area contributed by atoms with Gasteiger partial charge in [0.2, 0.25) is 11.8 Å². The molecule has 0 amide bonds. The average Bonchev–Trinajstić information content (AvgIpc) is 2.15. The Bertz CT molecular complexity index is 498. The molecule has 0 spiro atoms. The molecule has 0 aliphatic carbocycles. The van der Waals surface area contributed by atoms with Gasteiger partial charge in [0.1, 0.15) is 5.75 Å². The lowest BCUT2D eigenvalue weighted by atomic mass is 10.4. The van der Waals surface area contributed by atoms with E-state index in [-0.39, 0.29) is 5.95 Å². The highest BCUT2D eigenvalue weighted by molar-refractivity contribution is 9.10. The first-order chi connectivity index (χ1) is 7.63. The lowest BCUT2D eigenvalue weighted by molar-refractivity contribution is 0.459. The summed E-state index contributed by atoms with van der Waals surface area (Å²) in [5.41, 5.74) is 6.27. The topological polar surface area (TPSA) is 73.9 Å². The Morgan fingerprint density at radius 1 is 1.25 bits per heavy atom. The summed E-state index contributed by atoms with van der Waals surface area (Å²) in [4.78, 5) is 11.9. The molecule has 82 valence electrons. The van der Waals surface area contributed by atoms with Crippen LogP contribution in [0.5, 0.6) is 11.6 Å². The van der Waals surface area contributed by atoms with E-state index >= 15 is 0 Å². The van der Waals surface area contributed by atoms with Crippen molar-refractivity contribution in [1.82, 2.24) is 15.0 Å². The Morgan fingerprint density at radius 3 is 2.75 bits per heavy atom. The zero-order valence-corrected chi connectivity index (χ0v) is 10.1. The lowest BCUT2D eigenvalue weighted by Crippen LogP contribution is -1.98. The lowest BCUT2D eigenvalue weighted by Gasteiger charge is -2.05. The summed E-state index contributed by atoms with van der Waals surface area (Å²) < 4.78 is 6.33. The maximum absolute atomic E-state index is 5.52. The van der Waals surface area contributed by atoms with Crippen LogP contribution in [0.25, 0.3) is 0 Å². The van der Waals surface area contributed by atoms with E-state index in [1.54, 1.807) is 24.5 Å². The molecule has 0 saturated heterocycles. The summed E-state index contributed by atoms with van der Waals surface area (Å²) in [6.07, 6.45) is 3.27. The molecular weight excluding hydrogens is 272 g/mol. The molecule has 0 bridgehead atoms. The second-order valence-corrected chi connectivity index (χ2v) is 4.06. The monoisotopic (exact) mass is 280 g/mol. The molecule has 2 N–H and O–H groups in total. The predicted octanol–water partition coefficient (Wildman–Crippen LogP) is 2.32. The highest BCUT2D eigenvalue weighted by Crippen LogP contribution is 2.22. The van der Waals surface area contributed by atoms with Gasteiger partial charge in [0.25, 0.3) is 0 Å². The highest BCUT2D eigenvalue weighted by Gasteiger charge is 2.02.